The molecule has 0 bridgehead atoms. The Morgan fingerprint density at radius 1 is 1.60 bits per heavy atom. The van der Waals surface area contributed by atoms with Crippen LogP contribution in [-0.4, -0.2) is 9.88 Å². The van der Waals surface area contributed by atoms with E-state index in [0.717, 1.165) is 0 Å². The summed E-state index contributed by atoms with van der Waals surface area (Å²) in [6, 6.07) is 5.11. The number of hydrogen-bond donors (Lipinski definition) is 2. The Labute approximate surface area is 64.0 Å². The Morgan fingerprint density at radius 3 is 2.60 bits per heavy atom. The SMILES string of the molecule is NP(O)(=S)c1ccccn1. The smallest absolute Gasteiger partial charge is 0.172 e. The first-order valence-corrected chi connectivity index (χ1v) is 5.46. The van der Waals surface area contributed by atoms with Gasteiger partial charge in [-0.1, -0.05) is 6.07 Å². The lowest BCUT2D eigenvalue weighted by atomic mass is 10.5. The maximum Gasteiger partial charge on any atom is 0.172 e. The molecule has 0 radical (unpaired) electrons. The minimum absolute atomic E-state index is 0.407. The number of nitrogens with two attached hydrogens (primary N) is 1. The normalized spacial score (nSPS) is 16.2. The van der Waals surface area contributed by atoms with Gasteiger partial charge in [0, 0.05) is 6.20 Å². The van der Waals surface area contributed by atoms with Gasteiger partial charge in [0.05, 0.1) is 0 Å². The molecule has 0 aromatic carbocycles. The highest BCUT2D eigenvalue weighted by molar-refractivity contribution is 8.14. The van der Waals surface area contributed by atoms with Gasteiger partial charge in [-0.25, -0.2) is 0 Å². The average Bonchev–Trinajstić information content (AvgIpc) is 1.88. The first-order valence-electron chi connectivity index (χ1n) is 2.63. The number of hydrogen-bond acceptors (Lipinski definition) is 2. The standard InChI is InChI=1S/C5H7N2OPS/c6-9(8,10)5-3-1-2-4-7-5/h1-4H,(H3,6,8,10). The second-order valence-corrected chi connectivity index (χ2v) is 5.18. The molecular weight excluding hydrogens is 167 g/mol. The maximum absolute atomic E-state index is 9.13. The molecule has 0 saturated carbocycles. The third-order valence-corrected chi connectivity index (χ3v) is 2.46. The summed E-state index contributed by atoms with van der Waals surface area (Å²) in [5.74, 6) is 0. The lowest BCUT2D eigenvalue weighted by molar-refractivity contribution is 0.632. The van der Waals surface area contributed by atoms with E-state index in [1.54, 1.807) is 24.4 Å². The van der Waals surface area contributed by atoms with Gasteiger partial charge in [0.1, 0.15) is 5.44 Å². The van der Waals surface area contributed by atoms with Crippen molar-refractivity contribution < 1.29 is 4.89 Å². The van der Waals surface area contributed by atoms with Gasteiger partial charge in [-0.2, -0.15) is 0 Å². The number of pyridine rings is 1. The second kappa shape index (κ2) is 2.76. The zero-order valence-electron chi connectivity index (χ0n) is 5.14. The Balaban J connectivity index is 3.09. The minimum atomic E-state index is -2.80. The highest BCUT2D eigenvalue weighted by atomic mass is 32.4. The summed E-state index contributed by atoms with van der Waals surface area (Å²) in [6.45, 7) is 0. The molecule has 3 nitrogen and oxygen atoms in total. The Bertz CT molecular complexity index is 258. The van der Waals surface area contributed by atoms with Crippen molar-refractivity contribution in [2.75, 3.05) is 0 Å². The van der Waals surface area contributed by atoms with Crippen LogP contribution in [0.5, 0.6) is 0 Å². The van der Waals surface area contributed by atoms with Crippen LogP contribution in [0, 0.1) is 0 Å². The summed E-state index contributed by atoms with van der Waals surface area (Å²) in [5, 5.41) is 0. The van der Waals surface area contributed by atoms with E-state index in [1.165, 1.54) is 0 Å². The molecule has 0 fully saturated rings. The summed E-state index contributed by atoms with van der Waals surface area (Å²) in [6.07, 6.45) is -1.24. The van der Waals surface area contributed by atoms with Gasteiger partial charge in [-0.15, -0.1) is 0 Å². The minimum Gasteiger partial charge on any atom is -0.350 e. The van der Waals surface area contributed by atoms with Crippen molar-refractivity contribution in [1.29, 1.82) is 0 Å². The molecule has 3 N–H and O–H groups in total. The van der Waals surface area contributed by atoms with Gasteiger partial charge in [0.15, 0.2) is 6.42 Å². The highest BCUT2D eigenvalue weighted by Crippen LogP contribution is 2.26. The molecule has 0 aliphatic heterocycles. The van der Waals surface area contributed by atoms with Crippen molar-refractivity contribution in [1.82, 2.24) is 4.98 Å². The van der Waals surface area contributed by atoms with Crippen molar-refractivity contribution in [3.8, 4) is 0 Å². The lowest BCUT2D eigenvalue weighted by Crippen LogP contribution is -2.13. The van der Waals surface area contributed by atoms with E-state index in [9.17, 15) is 0 Å². The predicted molar refractivity (Wildman–Crippen MR) is 44.6 cm³/mol. The molecule has 1 aromatic rings. The third-order valence-electron chi connectivity index (χ3n) is 0.978. The van der Waals surface area contributed by atoms with Crippen LogP contribution in [0.2, 0.25) is 0 Å². The van der Waals surface area contributed by atoms with E-state index in [1.807, 2.05) is 0 Å². The zero-order chi connectivity index (χ0) is 7.61. The van der Waals surface area contributed by atoms with Crippen LogP contribution in [-0.2, 0) is 11.8 Å². The van der Waals surface area contributed by atoms with Gasteiger partial charge in [0.25, 0.3) is 0 Å². The van der Waals surface area contributed by atoms with E-state index in [0.29, 0.717) is 5.44 Å². The molecule has 0 aliphatic carbocycles. The van der Waals surface area contributed by atoms with Gasteiger partial charge in [-0.3, -0.25) is 10.5 Å². The predicted octanol–water partition coefficient (Wildman–Crippen LogP) is -0.0326. The van der Waals surface area contributed by atoms with E-state index in [4.69, 9.17) is 10.4 Å². The van der Waals surface area contributed by atoms with Gasteiger partial charge in [0.2, 0.25) is 0 Å². The summed E-state index contributed by atoms with van der Waals surface area (Å²) >= 11 is 4.63. The topological polar surface area (TPSA) is 59.1 Å². The molecule has 1 atom stereocenters. The second-order valence-electron chi connectivity index (χ2n) is 1.81. The summed E-state index contributed by atoms with van der Waals surface area (Å²) < 4.78 is 0. The third kappa shape index (κ3) is 1.85. The summed E-state index contributed by atoms with van der Waals surface area (Å²) in [5.41, 5.74) is 5.68. The van der Waals surface area contributed by atoms with Crippen LogP contribution >= 0.6 is 6.42 Å². The van der Waals surface area contributed by atoms with Crippen LogP contribution in [0.15, 0.2) is 24.4 Å². The van der Waals surface area contributed by atoms with E-state index < -0.39 is 6.42 Å². The molecule has 1 rings (SSSR count). The largest absolute Gasteiger partial charge is 0.350 e. The first kappa shape index (κ1) is 7.82. The molecule has 1 heterocycles. The van der Waals surface area contributed by atoms with E-state index in [-0.39, 0.29) is 0 Å². The van der Waals surface area contributed by atoms with E-state index in [2.05, 4.69) is 16.8 Å². The molecule has 0 spiro atoms. The Kier molecular flexibility index (Phi) is 2.16. The van der Waals surface area contributed by atoms with E-state index >= 15 is 0 Å². The molecule has 5 heteroatoms. The van der Waals surface area contributed by atoms with Crippen LogP contribution in [0.1, 0.15) is 0 Å². The molecule has 1 unspecified atom stereocenters. The van der Waals surface area contributed by atoms with Crippen molar-refractivity contribution in [2.45, 2.75) is 0 Å². The monoisotopic (exact) mass is 174 g/mol. The number of aromatic nitrogens is 1. The van der Waals surface area contributed by atoms with Crippen molar-refractivity contribution in [3.63, 3.8) is 0 Å². The average molecular weight is 174 g/mol. The quantitative estimate of drug-likeness (QED) is 0.587. The fourth-order valence-corrected chi connectivity index (χ4v) is 1.40. The fraction of sp³-hybridized carbons (Fsp3) is 0. The van der Waals surface area contributed by atoms with Gasteiger partial charge >= 0.3 is 0 Å². The molecule has 0 aliphatic rings. The zero-order valence-corrected chi connectivity index (χ0v) is 6.85. The van der Waals surface area contributed by atoms with Crippen LogP contribution in [0.25, 0.3) is 0 Å². The molecular formula is C5H7N2OPS. The first-order chi connectivity index (χ1) is 4.61. The molecule has 10 heavy (non-hydrogen) atoms. The molecule has 0 saturated heterocycles. The Morgan fingerprint density at radius 2 is 2.30 bits per heavy atom. The number of nitrogens with zero attached hydrogens (tertiary/aromatic N) is 1. The summed E-state index contributed by atoms with van der Waals surface area (Å²) in [4.78, 5) is 13.0. The maximum atomic E-state index is 9.13. The molecule has 0 amide bonds. The number of rotatable bonds is 1. The van der Waals surface area contributed by atoms with Crippen molar-refractivity contribution >= 4 is 23.7 Å². The van der Waals surface area contributed by atoms with Gasteiger partial charge in [-0.05, 0) is 23.9 Å². The Hall–Kier alpha value is -0.280. The lowest BCUT2D eigenvalue weighted by Gasteiger charge is -2.05. The fourth-order valence-electron chi connectivity index (χ4n) is 0.543. The van der Waals surface area contributed by atoms with Crippen LogP contribution in [0.4, 0.5) is 0 Å². The molecule has 1 aromatic heterocycles. The summed E-state index contributed by atoms with van der Waals surface area (Å²) in [7, 11) is 0. The highest BCUT2D eigenvalue weighted by Gasteiger charge is 2.08. The van der Waals surface area contributed by atoms with Gasteiger partial charge < -0.3 is 4.89 Å². The van der Waals surface area contributed by atoms with Crippen molar-refractivity contribution in [2.24, 2.45) is 5.50 Å². The van der Waals surface area contributed by atoms with Crippen LogP contribution in [0.3, 0.4) is 0 Å². The van der Waals surface area contributed by atoms with Crippen LogP contribution < -0.4 is 10.9 Å². The van der Waals surface area contributed by atoms with Crippen molar-refractivity contribution in [3.05, 3.63) is 24.4 Å². The molecule has 54 valence electrons.